The summed E-state index contributed by atoms with van der Waals surface area (Å²) in [6, 6.07) is 10.3. The van der Waals surface area contributed by atoms with Crippen molar-refractivity contribution < 1.29 is 9.18 Å². The van der Waals surface area contributed by atoms with Crippen LogP contribution in [0, 0.1) is 18.2 Å². The van der Waals surface area contributed by atoms with Crippen molar-refractivity contribution in [2.75, 3.05) is 4.90 Å². The highest BCUT2D eigenvalue weighted by molar-refractivity contribution is 5.94. The molecular formula is C20H16FN5O. The number of aryl methyl sites for hydroxylation is 1. The first kappa shape index (κ1) is 16.9. The van der Waals surface area contributed by atoms with Crippen LogP contribution < -0.4 is 4.90 Å². The number of aromatic nitrogens is 4. The summed E-state index contributed by atoms with van der Waals surface area (Å²) in [6.45, 7) is 0.246. The molecule has 1 N–H and O–H groups in total. The van der Waals surface area contributed by atoms with E-state index in [1.54, 1.807) is 12.1 Å². The Morgan fingerprint density at radius 3 is 2.78 bits per heavy atom. The van der Waals surface area contributed by atoms with Crippen LogP contribution in [0.2, 0.25) is 0 Å². The van der Waals surface area contributed by atoms with Crippen LogP contribution in [0.5, 0.6) is 0 Å². The van der Waals surface area contributed by atoms with Gasteiger partial charge in [-0.25, -0.2) is 9.49 Å². The molecule has 0 atom stereocenters. The second kappa shape index (κ2) is 7.00. The average molecular weight is 361 g/mol. The van der Waals surface area contributed by atoms with E-state index in [-0.39, 0.29) is 18.1 Å². The van der Waals surface area contributed by atoms with Crippen molar-refractivity contribution in [2.24, 2.45) is 0 Å². The van der Waals surface area contributed by atoms with Crippen LogP contribution in [-0.2, 0) is 17.8 Å². The summed E-state index contributed by atoms with van der Waals surface area (Å²) in [5, 5.41) is 13.6. The number of hydrogen-bond acceptors (Lipinski definition) is 4. The first-order valence-corrected chi connectivity index (χ1v) is 8.57. The summed E-state index contributed by atoms with van der Waals surface area (Å²) < 4.78 is 14.6. The molecule has 2 aromatic carbocycles. The topological polar surface area (TPSA) is 74.8 Å². The molecule has 1 aliphatic rings. The van der Waals surface area contributed by atoms with Gasteiger partial charge in [-0.1, -0.05) is 12.0 Å². The van der Waals surface area contributed by atoms with Gasteiger partial charge in [0.15, 0.2) is 5.82 Å². The maximum Gasteiger partial charge on any atom is 0.227 e. The van der Waals surface area contributed by atoms with Crippen molar-refractivity contribution in [1.82, 2.24) is 20.6 Å². The second-order valence-corrected chi connectivity index (χ2v) is 6.43. The predicted molar refractivity (Wildman–Crippen MR) is 98.1 cm³/mol. The zero-order chi connectivity index (χ0) is 18.8. The highest BCUT2D eigenvalue weighted by atomic mass is 19.1. The lowest BCUT2D eigenvalue weighted by atomic mass is 10.0. The number of carbonyl (C=O) groups is 1. The Morgan fingerprint density at radius 1 is 1.15 bits per heavy atom. The molecule has 0 aliphatic carbocycles. The van der Waals surface area contributed by atoms with Gasteiger partial charge >= 0.3 is 0 Å². The summed E-state index contributed by atoms with van der Waals surface area (Å²) in [7, 11) is 0. The number of carbonyl (C=O) groups excluding carboxylic acids is 1. The first-order valence-electron chi connectivity index (χ1n) is 8.57. The number of anilines is 1. The zero-order valence-corrected chi connectivity index (χ0v) is 14.4. The molecule has 1 aromatic heterocycles. The standard InChI is InChI=1S/C20H16FN5O/c1-2-13-8-14-4-3-5-19(27)26(12-15(9-13)10-14)18-11-16(6-7-17(18)21)20-22-24-25-23-20/h1,6-11H,3-5,12H2,(H,22,23,24,25). The molecule has 0 unspecified atom stereocenters. The van der Waals surface area contributed by atoms with E-state index in [0.717, 1.165) is 23.1 Å². The van der Waals surface area contributed by atoms with Crippen molar-refractivity contribution in [3.63, 3.8) is 0 Å². The van der Waals surface area contributed by atoms with Gasteiger partial charge in [0, 0.05) is 17.5 Å². The minimum Gasteiger partial charge on any atom is -0.305 e. The Morgan fingerprint density at radius 2 is 2.00 bits per heavy atom. The molecule has 2 bridgehead atoms. The van der Waals surface area contributed by atoms with Crippen LogP contribution in [0.25, 0.3) is 11.4 Å². The number of nitrogens with one attached hydrogen (secondary N) is 1. The molecule has 7 heteroatoms. The smallest absolute Gasteiger partial charge is 0.227 e. The van der Waals surface area contributed by atoms with Crippen LogP contribution in [0.3, 0.4) is 0 Å². The summed E-state index contributed by atoms with van der Waals surface area (Å²) in [5.41, 5.74) is 3.53. The Kier molecular flexibility index (Phi) is 4.38. The number of hydrogen-bond donors (Lipinski definition) is 1. The molecule has 0 saturated heterocycles. The fourth-order valence-electron chi connectivity index (χ4n) is 3.30. The van der Waals surface area contributed by atoms with Gasteiger partial charge in [-0.15, -0.1) is 11.5 Å². The van der Waals surface area contributed by atoms with Gasteiger partial charge < -0.3 is 4.90 Å². The number of benzene rings is 2. The van der Waals surface area contributed by atoms with Crippen LogP contribution in [0.4, 0.5) is 10.1 Å². The van der Waals surface area contributed by atoms with Crippen LogP contribution in [0.1, 0.15) is 29.5 Å². The molecule has 134 valence electrons. The highest BCUT2D eigenvalue weighted by Gasteiger charge is 2.22. The van der Waals surface area contributed by atoms with Crippen molar-refractivity contribution in [3.05, 3.63) is 58.9 Å². The molecule has 2 heterocycles. The van der Waals surface area contributed by atoms with Crippen LogP contribution in [-0.4, -0.2) is 26.5 Å². The fourth-order valence-corrected chi connectivity index (χ4v) is 3.30. The summed E-state index contributed by atoms with van der Waals surface area (Å²) >= 11 is 0. The molecule has 3 aromatic rings. The van der Waals surface area contributed by atoms with Gasteiger partial charge in [0.05, 0.1) is 12.2 Å². The van der Waals surface area contributed by atoms with Gasteiger partial charge in [-0.2, -0.15) is 0 Å². The summed E-state index contributed by atoms with van der Waals surface area (Å²) in [6.07, 6.45) is 7.32. The van der Waals surface area contributed by atoms with Crippen LogP contribution >= 0.6 is 0 Å². The van der Waals surface area contributed by atoms with Crippen molar-refractivity contribution >= 4 is 11.6 Å². The SMILES string of the molecule is C#Cc1cc2cc(c1)CN(c1cc(-c3nnn[nH]3)ccc1F)C(=O)CCC2. The number of aromatic amines is 1. The van der Waals surface area contributed by atoms with Crippen LogP contribution in [0.15, 0.2) is 36.4 Å². The normalized spacial score (nSPS) is 14.2. The molecule has 0 radical (unpaired) electrons. The number of tetrazole rings is 1. The number of fused-ring (bicyclic) bond motifs is 2. The van der Waals surface area contributed by atoms with E-state index in [2.05, 4.69) is 26.5 Å². The van der Waals surface area contributed by atoms with E-state index >= 15 is 0 Å². The minimum absolute atomic E-state index is 0.133. The van der Waals surface area contributed by atoms with Gasteiger partial charge in [-0.3, -0.25) is 4.79 Å². The third-order valence-corrected chi connectivity index (χ3v) is 4.57. The Balaban J connectivity index is 1.78. The molecule has 0 spiro atoms. The van der Waals surface area contributed by atoms with Gasteiger partial charge in [-0.05, 0) is 64.7 Å². The lowest BCUT2D eigenvalue weighted by Crippen LogP contribution is -2.30. The Labute approximate surface area is 155 Å². The van der Waals surface area contributed by atoms with E-state index < -0.39 is 5.82 Å². The third-order valence-electron chi connectivity index (χ3n) is 4.57. The van der Waals surface area contributed by atoms with E-state index in [1.165, 1.54) is 11.0 Å². The molecule has 0 saturated carbocycles. The Bertz CT molecular complexity index is 1040. The first-order chi connectivity index (χ1) is 13.1. The summed E-state index contributed by atoms with van der Waals surface area (Å²) in [4.78, 5) is 14.3. The molecule has 4 rings (SSSR count). The number of nitrogens with zero attached hydrogens (tertiary/aromatic N) is 4. The average Bonchev–Trinajstić information content (AvgIpc) is 3.21. The lowest BCUT2D eigenvalue weighted by molar-refractivity contribution is -0.118. The highest BCUT2D eigenvalue weighted by Crippen LogP contribution is 2.29. The van der Waals surface area contributed by atoms with E-state index in [1.807, 2.05) is 18.2 Å². The quantitative estimate of drug-likeness (QED) is 0.712. The third kappa shape index (κ3) is 3.42. The molecule has 1 aliphatic heterocycles. The van der Waals surface area contributed by atoms with Gasteiger partial charge in [0.1, 0.15) is 5.82 Å². The van der Waals surface area contributed by atoms with E-state index in [0.29, 0.717) is 24.2 Å². The fraction of sp³-hybridized carbons (Fsp3) is 0.200. The number of halogens is 1. The van der Waals surface area contributed by atoms with E-state index in [4.69, 9.17) is 6.42 Å². The minimum atomic E-state index is -0.479. The maximum atomic E-state index is 14.6. The van der Waals surface area contributed by atoms with Gasteiger partial charge in [0.2, 0.25) is 5.91 Å². The molecule has 1 amide bonds. The second-order valence-electron chi connectivity index (χ2n) is 6.43. The molecule has 6 nitrogen and oxygen atoms in total. The number of amides is 1. The molecular weight excluding hydrogens is 345 g/mol. The monoisotopic (exact) mass is 361 g/mol. The van der Waals surface area contributed by atoms with E-state index in [9.17, 15) is 9.18 Å². The van der Waals surface area contributed by atoms with Crippen molar-refractivity contribution in [1.29, 1.82) is 0 Å². The lowest BCUT2D eigenvalue weighted by Gasteiger charge is -2.23. The predicted octanol–water partition coefficient (Wildman–Crippen LogP) is 2.86. The van der Waals surface area contributed by atoms with Crippen molar-refractivity contribution in [2.45, 2.75) is 25.8 Å². The largest absolute Gasteiger partial charge is 0.305 e. The van der Waals surface area contributed by atoms with Crippen molar-refractivity contribution in [3.8, 4) is 23.7 Å². The molecule has 0 fully saturated rings. The number of rotatable bonds is 2. The number of terminal acetylenes is 1. The Hall–Kier alpha value is -3.53. The van der Waals surface area contributed by atoms with Gasteiger partial charge in [0.25, 0.3) is 0 Å². The maximum absolute atomic E-state index is 14.6. The number of H-pyrrole nitrogens is 1. The molecule has 27 heavy (non-hydrogen) atoms. The zero-order valence-electron chi connectivity index (χ0n) is 14.4. The summed E-state index contributed by atoms with van der Waals surface area (Å²) in [5.74, 6) is 2.44.